The van der Waals surface area contributed by atoms with E-state index in [0.717, 1.165) is 12.8 Å². The third-order valence-electron chi connectivity index (χ3n) is 3.23. The number of carbonyl (C=O) groups is 1. The van der Waals surface area contributed by atoms with Crippen LogP contribution < -0.4 is 9.47 Å². The van der Waals surface area contributed by atoms with Crippen molar-refractivity contribution in [2.45, 2.75) is 12.8 Å². The van der Waals surface area contributed by atoms with Crippen LogP contribution in [0.5, 0.6) is 11.5 Å². The first kappa shape index (κ1) is 12.9. The molecular formula is C14H18O4. The fraction of sp³-hybridized carbons (Fsp3) is 0.500. The van der Waals surface area contributed by atoms with Crippen LogP contribution in [0.4, 0.5) is 0 Å². The van der Waals surface area contributed by atoms with Gasteiger partial charge in [-0.05, 0) is 25.0 Å². The van der Waals surface area contributed by atoms with Crippen molar-refractivity contribution in [1.82, 2.24) is 0 Å². The molecule has 2 rings (SSSR count). The molecule has 1 aromatic carbocycles. The van der Waals surface area contributed by atoms with Crippen LogP contribution in [-0.2, 0) is 4.74 Å². The van der Waals surface area contributed by atoms with E-state index in [1.54, 1.807) is 32.4 Å². The van der Waals surface area contributed by atoms with Crippen LogP contribution in [0.1, 0.15) is 23.2 Å². The Balaban J connectivity index is 2.22. The lowest BCUT2D eigenvalue weighted by Gasteiger charge is -2.21. The average molecular weight is 250 g/mol. The second-order valence-electron chi connectivity index (χ2n) is 4.35. The summed E-state index contributed by atoms with van der Waals surface area (Å²) in [5.74, 6) is 1.49. The summed E-state index contributed by atoms with van der Waals surface area (Å²) in [5, 5.41) is 0. The molecule has 18 heavy (non-hydrogen) atoms. The molecule has 4 heteroatoms. The van der Waals surface area contributed by atoms with Crippen LogP contribution in [0.2, 0.25) is 0 Å². The number of carbonyl (C=O) groups excluding carboxylic acids is 1. The van der Waals surface area contributed by atoms with Gasteiger partial charge in [0.1, 0.15) is 11.5 Å². The van der Waals surface area contributed by atoms with Gasteiger partial charge in [0, 0.05) is 30.8 Å². The lowest BCUT2D eigenvalue weighted by atomic mass is 9.91. The predicted molar refractivity (Wildman–Crippen MR) is 67.4 cm³/mol. The lowest BCUT2D eigenvalue weighted by molar-refractivity contribution is 0.0544. The molecule has 1 fully saturated rings. The van der Waals surface area contributed by atoms with Gasteiger partial charge in [0.2, 0.25) is 0 Å². The van der Waals surface area contributed by atoms with Crippen molar-refractivity contribution in [3.8, 4) is 11.5 Å². The summed E-state index contributed by atoms with van der Waals surface area (Å²) in [4.78, 5) is 12.4. The van der Waals surface area contributed by atoms with Crippen molar-refractivity contribution in [2.75, 3.05) is 27.4 Å². The Morgan fingerprint density at radius 3 is 2.17 bits per heavy atom. The van der Waals surface area contributed by atoms with Crippen LogP contribution in [0.15, 0.2) is 18.2 Å². The average Bonchev–Trinajstić information content (AvgIpc) is 2.46. The summed E-state index contributed by atoms with van der Waals surface area (Å²) in [7, 11) is 3.16. The molecule has 1 aliphatic rings. The first-order chi connectivity index (χ1) is 8.74. The highest BCUT2D eigenvalue weighted by Crippen LogP contribution is 2.27. The Hall–Kier alpha value is -1.55. The highest BCUT2D eigenvalue weighted by atomic mass is 16.5. The molecule has 0 radical (unpaired) electrons. The molecule has 1 saturated heterocycles. The van der Waals surface area contributed by atoms with E-state index in [2.05, 4.69) is 0 Å². The molecule has 1 heterocycles. The van der Waals surface area contributed by atoms with Crippen molar-refractivity contribution in [2.24, 2.45) is 5.92 Å². The summed E-state index contributed by atoms with van der Waals surface area (Å²) in [6.45, 7) is 1.33. The molecule has 0 unspecified atom stereocenters. The first-order valence-electron chi connectivity index (χ1n) is 6.09. The molecule has 1 aliphatic heterocycles. The van der Waals surface area contributed by atoms with E-state index in [4.69, 9.17) is 14.2 Å². The quantitative estimate of drug-likeness (QED) is 0.769. The van der Waals surface area contributed by atoms with E-state index in [0.29, 0.717) is 30.3 Å². The van der Waals surface area contributed by atoms with Crippen LogP contribution in [0.25, 0.3) is 0 Å². The topological polar surface area (TPSA) is 44.8 Å². The molecule has 0 amide bonds. The van der Waals surface area contributed by atoms with Gasteiger partial charge >= 0.3 is 0 Å². The van der Waals surface area contributed by atoms with E-state index in [1.807, 2.05) is 0 Å². The molecule has 0 atom stereocenters. The van der Waals surface area contributed by atoms with E-state index in [9.17, 15) is 4.79 Å². The first-order valence-corrected chi connectivity index (χ1v) is 6.09. The second-order valence-corrected chi connectivity index (χ2v) is 4.35. The molecule has 0 saturated carbocycles. The van der Waals surface area contributed by atoms with Crippen LogP contribution >= 0.6 is 0 Å². The zero-order chi connectivity index (χ0) is 13.0. The number of hydrogen-bond acceptors (Lipinski definition) is 4. The standard InChI is InChI=1S/C14H18O4/c1-16-12-7-11(8-13(9-12)17-2)14(15)10-3-5-18-6-4-10/h7-10H,3-6H2,1-2H3. The summed E-state index contributed by atoms with van der Waals surface area (Å²) in [6.07, 6.45) is 1.58. The van der Waals surface area contributed by atoms with E-state index in [1.165, 1.54) is 0 Å². The molecule has 98 valence electrons. The number of methoxy groups -OCH3 is 2. The SMILES string of the molecule is COc1cc(OC)cc(C(=O)C2CCOCC2)c1. The summed E-state index contributed by atoms with van der Waals surface area (Å²) in [5.41, 5.74) is 0.651. The molecule has 1 aromatic rings. The van der Waals surface area contributed by atoms with Crippen LogP contribution in [0.3, 0.4) is 0 Å². The van der Waals surface area contributed by atoms with Crippen LogP contribution in [-0.4, -0.2) is 33.2 Å². The molecule has 4 nitrogen and oxygen atoms in total. The van der Waals surface area contributed by atoms with E-state index >= 15 is 0 Å². The van der Waals surface area contributed by atoms with Crippen molar-refractivity contribution < 1.29 is 19.0 Å². The third-order valence-corrected chi connectivity index (χ3v) is 3.23. The monoisotopic (exact) mass is 250 g/mol. The van der Waals surface area contributed by atoms with E-state index in [-0.39, 0.29) is 11.7 Å². The molecule has 0 aromatic heterocycles. The summed E-state index contributed by atoms with van der Waals surface area (Å²) >= 11 is 0. The summed E-state index contributed by atoms with van der Waals surface area (Å²) in [6, 6.07) is 5.29. The van der Waals surface area contributed by atoms with Gasteiger partial charge in [-0.15, -0.1) is 0 Å². The third kappa shape index (κ3) is 2.82. The zero-order valence-electron chi connectivity index (χ0n) is 10.8. The van der Waals surface area contributed by atoms with Gasteiger partial charge in [-0.25, -0.2) is 0 Å². The van der Waals surface area contributed by atoms with Gasteiger partial charge in [-0.3, -0.25) is 4.79 Å². The Morgan fingerprint density at radius 1 is 1.11 bits per heavy atom. The Labute approximate surface area is 107 Å². The number of Topliss-reactive ketones (excluding diaryl/α,β-unsaturated/α-hetero) is 1. The molecule has 0 spiro atoms. The number of hydrogen-bond donors (Lipinski definition) is 0. The molecular weight excluding hydrogens is 232 g/mol. The second kappa shape index (κ2) is 5.87. The normalized spacial score (nSPS) is 16.3. The smallest absolute Gasteiger partial charge is 0.166 e. The largest absolute Gasteiger partial charge is 0.497 e. The van der Waals surface area contributed by atoms with Crippen molar-refractivity contribution in [3.05, 3.63) is 23.8 Å². The number of rotatable bonds is 4. The van der Waals surface area contributed by atoms with Gasteiger partial charge in [0.25, 0.3) is 0 Å². The number of benzene rings is 1. The van der Waals surface area contributed by atoms with Gasteiger partial charge < -0.3 is 14.2 Å². The molecule has 0 aliphatic carbocycles. The van der Waals surface area contributed by atoms with Gasteiger partial charge in [0.05, 0.1) is 14.2 Å². The highest BCUT2D eigenvalue weighted by molar-refractivity contribution is 5.98. The minimum absolute atomic E-state index is 0.0514. The fourth-order valence-electron chi connectivity index (χ4n) is 2.15. The van der Waals surface area contributed by atoms with Gasteiger partial charge in [-0.1, -0.05) is 0 Å². The van der Waals surface area contributed by atoms with Crippen molar-refractivity contribution in [3.63, 3.8) is 0 Å². The maximum atomic E-state index is 12.4. The minimum atomic E-state index is 0.0514. The maximum Gasteiger partial charge on any atom is 0.166 e. The fourth-order valence-corrected chi connectivity index (χ4v) is 2.15. The summed E-state index contributed by atoms with van der Waals surface area (Å²) < 4.78 is 15.6. The van der Waals surface area contributed by atoms with Crippen molar-refractivity contribution >= 4 is 5.78 Å². The molecule has 0 N–H and O–H groups in total. The van der Waals surface area contributed by atoms with Crippen molar-refractivity contribution in [1.29, 1.82) is 0 Å². The van der Waals surface area contributed by atoms with Gasteiger partial charge in [0.15, 0.2) is 5.78 Å². The van der Waals surface area contributed by atoms with Gasteiger partial charge in [-0.2, -0.15) is 0 Å². The zero-order valence-corrected chi connectivity index (χ0v) is 10.8. The number of ether oxygens (including phenoxy) is 3. The van der Waals surface area contributed by atoms with E-state index < -0.39 is 0 Å². The molecule has 0 bridgehead atoms. The lowest BCUT2D eigenvalue weighted by Crippen LogP contribution is -2.23. The minimum Gasteiger partial charge on any atom is -0.497 e. The Bertz CT molecular complexity index is 400. The maximum absolute atomic E-state index is 12.4. The number of ketones is 1. The Kier molecular flexibility index (Phi) is 4.20. The highest BCUT2D eigenvalue weighted by Gasteiger charge is 2.23. The predicted octanol–water partition coefficient (Wildman–Crippen LogP) is 2.31. The Morgan fingerprint density at radius 2 is 1.67 bits per heavy atom. The van der Waals surface area contributed by atoms with Crippen LogP contribution in [0, 0.1) is 5.92 Å².